The molecular weight excluding hydrogens is 359 g/mol. The third kappa shape index (κ3) is 5.00. The number of anilines is 1. The summed E-state index contributed by atoms with van der Waals surface area (Å²) >= 11 is 0. The molecule has 28 heavy (non-hydrogen) atoms. The minimum Gasteiger partial charge on any atom is -0.368 e. The third-order valence-corrected chi connectivity index (χ3v) is 4.83. The van der Waals surface area contributed by atoms with Gasteiger partial charge in [0.1, 0.15) is 11.9 Å². The fraction of sp³-hybridized carbons (Fsp3) is 0.333. The molecule has 2 aromatic carbocycles. The largest absolute Gasteiger partial charge is 0.368 e. The molecule has 2 N–H and O–H groups in total. The van der Waals surface area contributed by atoms with Crippen molar-refractivity contribution in [2.45, 2.75) is 19.5 Å². The first-order chi connectivity index (χ1) is 13.5. The van der Waals surface area contributed by atoms with Gasteiger partial charge >= 0.3 is 6.03 Å². The van der Waals surface area contributed by atoms with Crippen LogP contribution in [-0.4, -0.2) is 49.1 Å². The van der Waals surface area contributed by atoms with Crippen molar-refractivity contribution in [3.05, 3.63) is 66.0 Å². The number of halogens is 1. The number of rotatable bonds is 5. The predicted molar refractivity (Wildman–Crippen MR) is 106 cm³/mol. The first-order valence-electron chi connectivity index (χ1n) is 9.41. The van der Waals surface area contributed by atoms with Gasteiger partial charge in [0.15, 0.2) is 0 Å². The Bertz CT molecular complexity index is 807. The van der Waals surface area contributed by atoms with E-state index in [2.05, 4.69) is 27.7 Å². The first kappa shape index (κ1) is 19.7. The fourth-order valence-electron chi connectivity index (χ4n) is 3.13. The first-order valence-corrected chi connectivity index (χ1v) is 9.41. The summed E-state index contributed by atoms with van der Waals surface area (Å²) in [6, 6.07) is 15.4. The highest BCUT2D eigenvalue weighted by Crippen LogP contribution is 2.15. The SMILES string of the molecule is C[C@@H](NC(=O)N1CCN(c2ccccc2)CC1)C(=O)NCc1ccccc1F. The van der Waals surface area contributed by atoms with Gasteiger partial charge in [-0.25, -0.2) is 9.18 Å². The van der Waals surface area contributed by atoms with E-state index in [9.17, 15) is 14.0 Å². The lowest BCUT2D eigenvalue weighted by molar-refractivity contribution is -0.122. The monoisotopic (exact) mass is 384 g/mol. The molecule has 1 heterocycles. The number of piperazine rings is 1. The van der Waals surface area contributed by atoms with Crippen LogP contribution in [0.15, 0.2) is 54.6 Å². The van der Waals surface area contributed by atoms with Crippen LogP contribution in [0.2, 0.25) is 0 Å². The minimum absolute atomic E-state index is 0.0848. The molecule has 0 spiro atoms. The number of para-hydroxylation sites is 1. The molecule has 3 amide bonds. The molecule has 1 aliphatic heterocycles. The lowest BCUT2D eigenvalue weighted by atomic mass is 10.2. The van der Waals surface area contributed by atoms with Gasteiger partial charge in [0.25, 0.3) is 0 Å². The van der Waals surface area contributed by atoms with E-state index in [4.69, 9.17) is 0 Å². The summed E-state index contributed by atoms with van der Waals surface area (Å²) in [4.78, 5) is 28.6. The zero-order chi connectivity index (χ0) is 19.9. The topological polar surface area (TPSA) is 64.7 Å². The summed E-state index contributed by atoms with van der Waals surface area (Å²) in [6.45, 7) is 4.36. The summed E-state index contributed by atoms with van der Waals surface area (Å²) in [5.41, 5.74) is 1.55. The molecule has 0 radical (unpaired) electrons. The van der Waals surface area contributed by atoms with E-state index >= 15 is 0 Å². The standard InChI is InChI=1S/C21H25FN4O2/c1-16(20(27)23-15-17-7-5-6-10-19(17)22)24-21(28)26-13-11-25(12-14-26)18-8-3-2-4-9-18/h2-10,16H,11-15H2,1H3,(H,23,27)(H,24,28)/t16-/m1/s1. The van der Waals surface area contributed by atoms with Gasteiger partial charge < -0.3 is 20.4 Å². The van der Waals surface area contributed by atoms with Crippen LogP contribution in [0.3, 0.4) is 0 Å². The highest BCUT2D eigenvalue weighted by atomic mass is 19.1. The van der Waals surface area contributed by atoms with Gasteiger partial charge in [-0.2, -0.15) is 0 Å². The van der Waals surface area contributed by atoms with Crippen LogP contribution in [0, 0.1) is 5.82 Å². The number of benzene rings is 2. The van der Waals surface area contributed by atoms with Crippen LogP contribution in [0.1, 0.15) is 12.5 Å². The molecule has 1 aliphatic rings. The number of hydrogen-bond acceptors (Lipinski definition) is 3. The molecule has 6 nitrogen and oxygen atoms in total. The summed E-state index contributed by atoms with van der Waals surface area (Å²) in [5.74, 6) is -0.713. The van der Waals surface area contributed by atoms with Crippen LogP contribution in [-0.2, 0) is 11.3 Å². The second-order valence-corrected chi connectivity index (χ2v) is 6.79. The average Bonchev–Trinajstić information content (AvgIpc) is 2.73. The average molecular weight is 384 g/mol. The second kappa shape index (κ2) is 9.21. The fourth-order valence-corrected chi connectivity index (χ4v) is 3.13. The van der Waals surface area contributed by atoms with Crippen molar-refractivity contribution in [3.63, 3.8) is 0 Å². The van der Waals surface area contributed by atoms with E-state index in [1.165, 1.54) is 6.07 Å². The van der Waals surface area contributed by atoms with Crippen molar-refractivity contribution >= 4 is 17.6 Å². The van der Waals surface area contributed by atoms with Gasteiger partial charge in [-0.3, -0.25) is 4.79 Å². The Hall–Kier alpha value is -3.09. The van der Waals surface area contributed by atoms with E-state index < -0.39 is 6.04 Å². The van der Waals surface area contributed by atoms with Crippen molar-refractivity contribution in [1.29, 1.82) is 0 Å². The lowest BCUT2D eigenvalue weighted by Crippen LogP contribution is -2.55. The number of carbonyl (C=O) groups is 2. The molecule has 0 saturated carbocycles. The van der Waals surface area contributed by atoms with Crippen molar-refractivity contribution in [1.82, 2.24) is 15.5 Å². The maximum atomic E-state index is 13.6. The molecule has 0 bridgehead atoms. The summed E-state index contributed by atoms with van der Waals surface area (Å²) in [5, 5.41) is 5.37. The van der Waals surface area contributed by atoms with Crippen LogP contribution in [0.5, 0.6) is 0 Å². The number of amides is 3. The highest BCUT2D eigenvalue weighted by molar-refractivity contribution is 5.86. The third-order valence-electron chi connectivity index (χ3n) is 4.83. The van der Waals surface area contributed by atoms with E-state index in [-0.39, 0.29) is 24.3 Å². The summed E-state index contributed by atoms with van der Waals surface area (Å²) in [7, 11) is 0. The predicted octanol–water partition coefficient (Wildman–Crippen LogP) is 2.36. The Balaban J connectivity index is 1.44. The summed E-state index contributed by atoms with van der Waals surface area (Å²) in [6.07, 6.45) is 0. The Kier molecular flexibility index (Phi) is 6.47. The van der Waals surface area contributed by atoms with Crippen LogP contribution in [0.4, 0.5) is 14.9 Å². The number of hydrogen-bond donors (Lipinski definition) is 2. The Morgan fingerprint density at radius 1 is 1.00 bits per heavy atom. The van der Waals surface area contributed by atoms with E-state index in [1.54, 1.807) is 30.0 Å². The van der Waals surface area contributed by atoms with Gasteiger partial charge in [0, 0.05) is 44.0 Å². The zero-order valence-electron chi connectivity index (χ0n) is 15.9. The molecule has 1 saturated heterocycles. The molecule has 0 aliphatic carbocycles. The Labute approximate surface area is 164 Å². The minimum atomic E-state index is -0.702. The molecule has 2 aromatic rings. The number of nitrogens with zero attached hydrogens (tertiary/aromatic N) is 2. The maximum Gasteiger partial charge on any atom is 0.318 e. The number of carbonyl (C=O) groups excluding carboxylic acids is 2. The lowest BCUT2D eigenvalue weighted by Gasteiger charge is -2.36. The van der Waals surface area contributed by atoms with Crippen molar-refractivity contribution in [2.75, 3.05) is 31.1 Å². The molecule has 7 heteroatoms. The van der Waals surface area contributed by atoms with Gasteiger partial charge in [-0.1, -0.05) is 36.4 Å². The summed E-state index contributed by atoms with van der Waals surface area (Å²) < 4.78 is 13.6. The molecule has 0 aromatic heterocycles. The second-order valence-electron chi connectivity index (χ2n) is 6.79. The van der Waals surface area contributed by atoms with Crippen LogP contribution >= 0.6 is 0 Å². The van der Waals surface area contributed by atoms with E-state index in [1.807, 2.05) is 18.2 Å². The molecular formula is C21H25FN4O2. The van der Waals surface area contributed by atoms with Crippen molar-refractivity contribution in [2.24, 2.45) is 0 Å². The Morgan fingerprint density at radius 3 is 2.32 bits per heavy atom. The maximum absolute atomic E-state index is 13.6. The number of nitrogens with one attached hydrogen (secondary N) is 2. The zero-order valence-corrected chi connectivity index (χ0v) is 15.9. The highest BCUT2D eigenvalue weighted by Gasteiger charge is 2.24. The Morgan fingerprint density at radius 2 is 1.64 bits per heavy atom. The van der Waals surface area contributed by atoms with Crippen LogP contribution < -0.4 is 15.5 Å². The van der Waals surface area contributed by atoms with Gasteiger partial charge in [0.2, 0.25) is 5.91 Å². The molecule has 3 rings (SSSR count). The quantitative estimate of drug-likeness (QED) is 0.832. The number of urea groups is 1. The van der Waals surface area contributed by atoms with Crippen molar-refractivity contribution in [3.8, 4) is 0 Å². The molecule has 1 atom stereocenters. The molecule has 148 valence electrons. The normalized spacial score (nSPS) is 15.1. The van der Waals surface area contributed by atoms with E-state index in [0.29, 0.717) is 18.7 Å². The van der Waals surface area contributed by atoms with E-state index in [0.717, 1.165) is 18.8 Å². The van der Waals surface area contributed by atoms with Crippen LogP contribution in [0.25, 0.3) is 0 Å². The van der Waals surface area contributed by atoms with Crippen molar-refractivity contribution < 1.29 is 14.0 Å². The van der Waals surface area contributed by atoms with Gasteiger partial charge in [-0.15, -0.1) is 0 Å². The molecule has 1 fully saturated rings. The molecule has 0 unspecified atom stereocenters. The van der Waals surface area contributed by atoms with Gasteiger partial charge in [0.05, 0.1) is 0 Å². The van der Waals surface area contributed by atoms with Gasteiger partial charge in [-0.05, 0) is 25.1 Å². The smallest absolute Gasteiger partial charge is 0.318 e.